The molecule has 0 saturated carbocycles. The predicted octanol–water partition coefficient (Wildman–Crippen LogP) is -3.26. The van der Waals surface area contributed by atoms with Gasteiger partial charge < -0.3 is 10.4 Å². The van der Waals surface area contributed by atoms with E-state index in [9.17, 15) is 14.7 Å². The van der Waals surface area contributed by atoms with Crippen molar-refractivity contribution < 1.29 is 44.3 Å². The number of hydrogen-bond acceptors (Lipinski definition) is 3. The number of Topliss-reactive ketones (excluding diaryl/α,β-unsaturated/α-hetero) is 1. The first-order chi connectivity index (χ1) is 6.49. The minimum atomic E-state index is -0.521. The molecule has 78 valence electrons. The molecule has 0 radical (unpaired) electrons. The molecule has 1 N–H and O–H groups in total. The summed E-state index contributed by atoms with van der Waals surface area (Å²) in [5.74, 6) is -1.24. The molecule has 1 aliphatic heterocycles. The zero-order valence-corrected chi connectivity index (χ0v) is 11.6. The van der Waals surface area contributed by atoms with E-state index < -0.39 is 17.7 Å². The van der Waals surface area contributed by atoms with Gasteiger partial charge in [-0.05, 0) is 12.8 Å². The third kappa shape index (κ3) is 2.83. The van der Waals surface area contributed by atoms with Crippen LogP contribution in [0.1, 0.15) is 27.2 Å². The molecule has 1 aliphatic rings. The van der Waals surface area contributed by atoms with E-state index in [1.807, 2.05) is 13.8 Å². The van der Waals surface area contributed by atoms with Crippen molar-refractivity contribution in [3.05, 3.63) is 11.3 Å². The number of carbonyl (C=O) groups is 2. The molecule has 0 spiro atoms. The van der Waals surface area contributed by atoms with Crippen molar-refractivity contribution in [2.45, 2.75) is 33.2 Å². The van der Waals surface area contributed by atoms with Crippen molar-refractivity contribution in [1.29, 1.82) is 0 Å². The Labute approximate surface area is 111 Å². The topological polar surface area (TPSA) is 69.2 Å². The quantitative estimate of drug-likeness (QED) is 0.400. The second-order valence-electron chi connectivity index (χ2n) is 3.63. The van der Waals surface area contributed by atoms with Gasteiger partial charge in [-0.15, -0.1) is 0 Å². The van der Waals surface area contributed by atoms with Gasteiger partial charge in [-0.1, -0.05) is 26.0 Å². The maximum absolute atomic E-state index is 11.6. The number of carbonyl (C=O) groups excluding carboxylic acids is 2. The van der Waals surface area contributed by atoms with Crippen LogP contribution in [0.25, 0.3) is 0 Å². The minimum absolute atomic E-state index is 0. The molecule has 0 unspecified atom stereocenters. The molecule has 2 atom stereocenters. The molecule has 1 amide bonds. The van der Waals surface area contributed by atoms with E-state index >= 15 is 0 Å². The summed E-state index contributed by atoms with van der Waals surface area (Å²) in [5.41, 5.74) is -0.199. The average Bonchev–Trinajstić information content (AvgIpc) is 2.40. The van der Waals surface area contributed by atoms with Gasteiger partial charge in [0.05, 0.1) is 5.57 Å². The van der Waals surface area contributed by atoms with Gasteiger partial charge in [0.2, 0.25) is 0 Å². The first-order valence-electron chi connectivity index (χ1n) is 4.72. The number of ketones is 1. The Morgan fingerprint density at radius 3 is 2.47 bits per heavy atom. The van der Waals surface area contributed by atoms with E-state index in [0.717, 1.165) is 6.42 Å². The molecule has 0 aliphatic carbocycles. The largest absolute Gasteiger partial charge is 1.00 e. The fourth-order valence-corrected chi connectivity index (χ4v) is 1.52. The monoisotopic (exact) mass is 219 g/mol. The molecule has 0 aromatic carbocycles. The number of hydrogen-bond donors (Lipinski definition) is 1. The van der Waals surface area contributed by atoms with Crippen molar-refractivity contribution in [3.8, 4) is 0 Å². The fraction of sp³-hybridized carbons (Fsp3) is 0.600. The molecular weight excluding hydrogens is 205 g/mol. The summed E-state index contributed by atoms with van der Waals surface area (Å²) < 4.78 is 0. The molecule has 5 heteroatoms. The number of rotatable bonds is 3. The minimum Gasteiger partial charge on any atom is -0.873 e. The summed E-state index contributed by atoms with van der Waals surface area (Å²) in [7, 11) is 0. The van der Waals surface area contributed by atoms with Crippen LogP contribution in [-0.2, 0) is 9.59 Å². The molecule has 1 heterocycles. The summed E-state index contributed by atoms with van der Waals surface area (Å²) in [5, 5.41) is 14.2. The molecule has 4 nitrogen and oxygen atoms in total. The molecule has 0 aromatic heterocycles. The van der Waals surface area contributed by atoms with Gasteiger partial charge >= 0.3 is 29.6 Å². The first-order valence-corrected chi connectivity index (χ1v) is 4.72. The van der Waals surface area contributed by atoms with E-state index in [1.54, 1.807) is 0 Å². The second kappa shape index (κ2) is 5.68. The molecular formula is C10H14NNaO3. The van der Waals surface area contributed by atoms with Gasteiger partial charge in [-0.25, -0.2) is 0 Å². The van der Waals surface area contributed by atoms with Crippen LogP contribution >= 0.6 is 0 Å². The molecule has 1 rings (SSSR count). The van der Waals surface area contributed by atoms with Crippen molar-refractivity contribution in [2.75, 3.05) is 0 Å². The van der Waals surface area contributed by atoms with Crippen molar-refractivity contribution >= 4 is 11.7 Å². The van der Waals surface area contributed by atoms with Crippen LogP contribution < -0.4 is 40.0 Å². The summed E-state index contributed by atoms with van der Waals surface area (Å²) in [4.78, 5) is 22.3. The molecule has 0 saturated heterocycles. The van der Waals surface area contributed by atoms with E-state index in [0.29, 0.717) is 0 Å². The van der Waals surface area contributed by atoms with Crippen LogP contribution in [0, 0.1) is 5.92 Å². The number of nitrogens with one attached hydrogen (secondary N) is 1. The van der Waals surface area contributed by atoms with Gasteiger partial charge in [0.1, 0.15) is 0 Å². The normalized spacial score (nSPS) is 22.1. The van der Waals surface area contributed by atoms with Crippen molar-refractivity contribution in [2.24, 2.45) is 5.92 Å². The van der Waals surface area contributed by atoms with Crippen LogP contribution in [-0.4, -0.2) is 17.7 Å². The Kier molecular flexibility index (Phi) is 5.56. The van der Waals surface area contributed by atoms with E-state index in [-0.39, 0.29) is 46.8 Å². The van der Waals surface area contributed by atoms with Crippen molar-refractivity contribution in [1.82, 2.24) is 5.32 Å². The predicted molar refractivity (Wildman–Crippen MR) is 49.1 cm³/mol. The Bertz CT molecular complexity index is 312. The van der Waals surface area contributed by atoms with Crippen LogP contribution in [0.2, 0.25) is 0 Å². The summed E-state index contributed by atoms with van der Waals surface area (Å²) >= 11 is 0. The second-order valence-corrected chi connectivity index (χ2v) is 3.63. The van der Waals surface area contributed by atoms with Crippen LogP contribution in [0.5, 0.6) is 0 Å². The van der Waals surface area contributed by atoms with Crippen LogP contribution in [0.15, 0.2) is 11.3 Å². The summed E-state index contributed by atoms with van der Waals surface area (Å²) in [6, 6.07) is -0.508. The Morgan fingerprint density at radius 1 is 1.60 bits per heavy atom. The van der Waals surface area contributed by atoms with Crippen LogP contribution in [0.4, 0.5) is 0 Å². The van der Waals surface area contributed by atoms with E-state index in [1.165, 1.54) is 6.92 Å². The molecule has 0 bridgehead atoms. The maximum atomic E-state index is 11.6. The van der Waals surface area contributed by atoms with Crippen molar-refractivity contribution in [3.63, 3.8) is 0 Å². The van der Waals surface area contributed by atoms with Gasteiger partial charge in [0.15, 0.2) is 5.78 Å². The Morgan fingerprint density at radius 2 is 2.13 bits per heavy atom. The van der Waals surface area contributed by atoms with Gasteiger partial charge in [-0.2, -0.15) is 0 Å². The van der Waals surface area contributed by atoms with Crippen LogP contribution in [0.3, 0.4) is 0 Å². The molecule has 0 aromatic rings. The van der Waals surface area contributed by atoms with E-state index in [2.05, 4.69) is 5.32 Å². The standard InChI is InChI=1S/C10H15NO3.Na/c1-4-5(2)8-9(13)7(6(3)12)10(14)11-8;/h5,8,13H,4H2,1-3H3,(H,11,14);/q;+1/p-1/t5-,8-;/m0./s1. The molecule has 0 fully saturated rings. The van der Waals surface area contributed by atoms with Gasteiger partial charge in [-0.3, -0.25) is 9.59 Å². The fourth-order valence-electron chi connectivity index (χ4n) is 1.52. The maximum Gasteiger partial charge on any atom is 1.00 e. The Hall–Kier alpha value is -0.320. The van der Waals surface area contributed by atoms with Gasteiger partial charge in [0.25, 0.3) is 5.91 Å². The summed E-state index contributed by atoms with van der Waals surface area (Å²) in [6.07, 6.45) is 0.794. The average molecular weight is 219 g/mol. The zero-order valence-electron chi connectivity index (χ0n) is 9.59. The first kappa shape index (κ1) is 14.7. The summed E-state index contributed by atoms with van der Waals surface area (Å²) in [6.45, 7) is 5.06. The van der Waals surface area contributed by atoms with E-state index in [4.69, 9.17) is 0 Å². The third-order valence-electron chi connectivity index (χ3n) is 2.61. The zero-order chi connectivity index (χ0) is 10.9. The number of amides is 1. The third-order valence-corrected chi connectivity index (χ3v) is 2.61. The smallest absolute Gasteiger partial charge is 0.873 e. The SMILES string of the molecule is CC[C@H](C)[C@@H]1NC(=O)C(C(C)=O)=C1[O-].[Na+]. The Balaban J connectivity index is 0.00000196. The van der Waals surface area contributed by atoms with Gasteiger partial charge in [0, 0.05) is 6.04 Å². The molecule has 15 heavy (non-hydrogen) atoms.